The maximum Gasteiger partial charge on any atom is 0.252 e. The number of aromatic nitrogens is 5. The van der Waals surface area contributed by atoms with Crippen molar-refractivity contribution in [1.29, 1.82) is 0 Å². The van der Waals surface area contributed by atoms with Gasteiger partial charge in [0.25, 0.3) is 5.91 Å². The molecular weight excluding hydrogens is 330 g/mol. The Hall–Kier alpha value is -3.00. The van der Waals surface area contributed by atoms with Gasteiger partial charge in [-0.25, -0.2) is 0 Å². The summed E-state index contributed by atoms with van der Waals surface area (Å²) in [7, 11) is 1.89. The zero-order valence-corrected chi connectivity index (χ0v) is 14.6. The highest BCUT2D eigenvalue weighted by Gasteiger charge is 2.42. The van der Waals surface area contributed by atoms with Gasteiger partial charge in [-0.1, -0.05) is 12.1 Å². The Balaban J connectivity index is 1.62. The van der Waals surface area contributed by atoms with Crippen molar-refractivity contribution in [3.63, 3.8) is 0 Å². The fraction of sp³-hybridized carbons (Fsp3) is 0.333. The normalized spacial score (nSPS) is 16.3. The molecule has 0 saturated carbocycles. The monoisotopic (exact) mass is 351 g/mol. The van der Waals surface area contributed by atoms with E-state index in [1.165, 1.54) is 0 Å². The predicted octanol–water partition coefficient (Wildman–Crippen LogP) is 1.40. The first kappa shape index (κ1) is 16.5. The number of carbonyl (C=O) groups is 1. The number of aryl methyl sites for hydroxylation is 1. The van der Waals surface area contributed by atoms with Crippen LogP contribution in [0.5, 0.6) is 0 Å². The average Bonchev–Trinajstić information content (AvgIpc) is 3.34. The number of carbonyl (C=O) groups excluding carboxylic acids is 1. The molecule has 1 aliphatic heterocycles. The maximum absolute atomic E-state index is 13.2. The molecule has 26 heavy (non-hydrogen) atoms. The van der Waals surface area contributed by atoms with Crippen molar-refractivity contribution in [1.82, 2.24) is 29.9 Å². The molecule has 2 aromatic heterocycles. The molecule has 1 aliphatic rings. The molecule has 0 spiro atoms. The number of nitrogens with one attached hydrogen (secondary N) is 2. The lowest BCUT2D eigenvalue weighted by atomic mass is 9.87. The lowest BCUT2D eigenvalue weighted by molar-refractivity contribution is -0.126. The smallest absolute Gasteiger partial charge is 0.252 e. The van der Waals surface area contributed by atoms with E-state index in [4.69, 9.17) is 0 Å². The molecule has 3 heterocycles. The van der Waals surface area contributed by atoms with E-state index in [1.807, 2.05) is 48.1 Å². The molecule has 0 bridgehead atoms. The Morgan fingerprint density at radius 1 is 1.27 bits per heavy atom. The molecule has 0 radical (unpaired) electrons. The SMILES string of the molecule is Cn1cnnc1-c1cccc(NC(=O)C2(n3cccn3)CCNCC2)c1. The molecule has 0 atom stereocenters. The van der Waals surface area contributed by atoms with Crippen LogP contribution < -0.4 is 10.6 Å². The summed E-state index contributed by atoms with van der Waals surface area (Å²) in [6.07, 6.45) is 6.63. The average molecular weight is 351 g/mol. The first-order valence-corrected chi connectivity index (χ1v) is 8.66. The van der Waals surface area contributed by atoms with Gasteiger partial charge in [-0.05, 0) is 44.1 Å². The van der Waals surface area contributed by atoms with E-state index >= 15 is 0 Å². The van der Waals surface area contributed by atoms with Gasteiger partial charge in [0, 0.05) is 30.7 Å². The van der Waals surface area contributed by atoms with Crippen molar-refractivity contribution in [2.75, 3.05) is 18.4 Å². The lowest BCUT2D eigenvalue weighted by Gasteiger charge is -2.36. The van der Waals surface area contributed by atoms with Crippen LogP contribution in [0.4, 0.5) is 5.69 Å². The fourth-order valence-corrected chi connectivity index (χ4v) is 3.45. The largest absolute Gasteiger partial charge is 0.324 e. The van der Waals surface area contributed by atoms with E-state index in [9.17, 15) is 4.79 Å². The van der Waals surface area contributed by atoms with Gasteiger partial charge in [0.15, 0.2) is 5.82 Å². The van der Waals surface area contributed by atoms with E-state index in [1.54, 1.807) is 17.2 Å². The van der Waals surface area contributed by atoms with Crippen LogP contribution in [-0.2, 0) is 17.4 Å². The van der Waals surface area contributed by atoms with Crippen molar-refractivity contribution in [2.45, 2.75) is 18.4 Å². The van der Waals surface area contributed by atoms with Gasteiger partial charge in [0.05, 0.1) is 0 Å². The number of amides is 1. The molecule has 4 rings (SSSR count). The van der Waals surface area contributed by atoms with Crippen molar-refractivity contribution in [2.24, 2.45) is 7.05 Å². The molecule has 0 unspecified atom stereocenters. The number of rotatable bonds is 4. The summed E-state index contributed by atoms with van der Waals surface area (Å²) >= 11 is 0. The van der Waals surface area contributed by atoms with Gasteiger partial charge in [-0.3, -0.25) is 9.48 Å². The van der Waals surface area contributed by atoms with E-state index in [0.29, 0.717) is 12.8 Å². The number of hydrogen-bond donors (Lipinski definition) is 2. The number of hydrogen-bond acceptors (Lipinski definition) is 5. The van der Waals surface area contributed by atoms with Crippen LogP contribution in [0.15, 0.2) is 49.1 Å². The van der Waals surface area contributed by atoms with Crippen LogP contribution in [0, 0.1) is 0 Å². The van der Waals surface area contributed by atoms with Gasteiger partial charge in [-0.15, -0.1) is 10.2 Å². The van der Waals surface area contributed by atoms with E-state index in [2.05, 4.69) is 25.9 Å². The minimum Gasteiger partial charge on any atom is -0.324 e. The molecule has 1 aromatic carbocycles. The summed E-state index contributed by atoms with van der Waals surface area (Å²) in [4.78, 5) is 13.2. The van der Waals surface area contributed by atoms with Crippen LogP contribution >= 0.6 is 0 Å². The third-order valence-electron chi connectivity index (χ3n) is 4.89. The molecule has 1 saturated heterocycles. The predicted molar refractivity (Wildman–Crippen MR) is 97.4 cm³/mol. The Kier molecular flexibility index (Phi) is 4.26. The molecule has 3 aromatic rings. The first-order chi connectivity index (χ1) is 12.7. The summed E-state index contributed by atoms with van der Waals surface area (Å²) < 4.78 is 3.63. The zero-order valence-electron chi connectivity index (χ0n) is 14.6. The minimum atomic E-state index is -0.671. The van der Waals surface area contributed by atoms with Crippen LogP contribution in [0.1, 0.15) is 12.8 Å². The summed E-state index contributed by atoms with van der Waals surface area (Å²) in [5.74, 6) is 0.711. The summed E-state index contributed by atoms with van der Waals surface area (Å²) in [6.45, 7) is 1.57. The molecular formula is C18H21N7O. The molecule has 1 fully saturated rings. The van der Waals surface area contributed by atoms with Crippen molar-refractivity contribution in [3.05, 3.63) is 49.1 Å². The number of piperidine rings is 1. The minimum absolute atomic E-state index is 0.0437. The van der Waals surface area contributed by atoms with Crippen LogP contribution in [0.2, 0.25) is 0 Å². The van der Waals surface area contributed by atoms with Gasteiger partial charge in [0.1, 0.15) is 11.9 Å². The second-order valence-electron chi connectivity index (χ2n) is 6.53. The van der Waals surface area contributed by atoms with Gasteiger partial charge >= 0.3 is 0 Å². The zero-order chi connectivity index (χ0) is 18.0. The van der Waals surface area contributed by atoms with Crippen LogP contribution in [0.25, 0.3) is 11.4 Å². The highest BCUT2D eigenvalue weighted by molar-refractivity contribution is 5.97. The Morgan fingerprint density at radius 3 is 2.81 bits per heavy atom. The molecule has 8 heteroatoms. The van der Waals surface area contributed by atoms with Crippen LogP contribution in [0.3, 0.4) is 0 Å². The molecule has 8 nitrogen and oxygen atoms in total. The van der Waals surface area contributed by atoms with E-state index < -0.39 is 5.54 Å². The highest BCUT2D eigenvalue weighted by atomic mass is 16.2. The fourth-order valence-electron chi connectivity index (χ4n) is 3.45. The quantitative estimate of drug-likeness (QED) is 0.741. The third kappa shape index (κ3) is 2.88. The number of benzene rings is 1. The summed E-state index contributed by atoms with van der Waals surface area (Å²) in [5.41, 5.74) is 0.969. The topological polar surface area (TPSA) is 89.7 Å². The lowest BCUT2D eigenvalue weighted by Crippen LogP contribution is -2.52. The molecule has 134 valence electrons. The van der Waals surface area contributed by atoms with Crippen LogP contribution in [-0.4, -0.2) is 43.5 Å². The molecule has 0 aliphatic carbocycles. The Labute approximate surface area is 151 Å². The molecule has 2 N–H and O–H groups in total. The second-order valence-corrected chi connectivity index (χ2v) is 6.53. The number of nitrogens with zero attached hydrogens (tertiary/aromatic N) is 5. The Bertz CT molecular complexity index is 894. The van der Waals surface area contributed by atoms with Gasteiger partial charge < -0.3 is 15.2 Å². The summed E-state index contributed by atoms with van der Waals surface area (Å²) in [5, 5.41) is 18.8. The third-order valence-corrected chi connectivity index (χ3v) is 4.89. The first-order valence-electron chi connectivity index (χ1n) is 8.66. The van der Waals surface area contributed by atoms with Crippen molar-refractivity contribution >= 4 is 11.6 Å². The highest BCUT2D eigenvalue weighted by Crippen LogP contribution is 2.29. The van der Waals surface area contributed by atoms with Gasteiger partial charge in [-0.2, -0.15) is 5.10 Å². The maximum atomic E-state index is 13.2. The van der Waals surface area contributed by atoms with Crippen molar-refractivity contribution in [3.8, 4) is 11.4 Å². The number of anilines is 1. The van der Waals surface area contributed by atoms with E-state index in [0.717, 1.165) is 30.2 Å². The van der Waals surface area contributed by atoms with Crippen molar-refractivity contribution < 1.29 is 4.79 Å². The Morgan fingerprint density at radius 2 is 2.12 bits per heavy atom. The van der Waals surface area contributed by atoms with Gasteiger partial charge in [0.2, 0.25) is 0 Å². The standard InChI is InChI=1S/C18H21N7O/c1-24-13-20-23-16(24)14-4-2-5-15(12-14)22-17(26)18(6-9-19-10-7-18)25-11-3-8-21-25/h2-5,8,11-13,19H,6-7,9-10H2,1H3,(H,22,26). The molecule has 1 amide bonds. The van der Waals surface area contributed by atoms with E-state index in [-0.39, 0.29) is 5.91 Å². The second kappa shape index (κ2) is 6.72. The summed E-state index contributed by atoms with van der Waals surface area (Å²) in [6, 6.07) is 9.51.